The van der Waals surface area contributed by atoms with Crippen molar-refractivity contribution in [2.24, 2.45) is 0 Å². The number of aromatic nitrogens is 1. The smallest absolute Gasteiger partial charge is 0.272 e. The highest BCUT2D eigenvalue weighted by Gasteiger charge is 2.19. The van der Waals surface area contributed by atoms with E-state index in [1.165, 1.54) is 6.20 Å². The third kappa shape index (κ3) is 2.25. The summed E-state index contributed by atoms with van der Waals surface area (Å²) < 4.78 is 5.16. The first-order valence-corrected chi connectivity index (χ1v) is 5.09. The lowest BCUT2D eigenvalue weighted by Gasteiger charge is -2.26. The van der Waals surface area contributed by atoms with Gasteiger partial charge in [0.1, 0.15) is 5.69 Å². The zero-order valence-corrected chi connectivity index (χ0v) is 8.76. The maximum atomic E-state index is 11.9. The topological polar surface area (TPSA) is 59.5 Å². The molecule has 5 heteroatoms. The van der Waals surface area contributed by atoms with E-state index >= 15 is 0 Å². The monoisotopic (exact) mass is 220 g/mol. The Balaban J connectivity index is 2.10. The van der Waals surface area contributed by atoms with Gasteiger partial charge in [-0.3, -0.25) is 14.6 Å². The highest BCUT2D eigenvalue weighted by Crippen LogP contribution is 2.05. The average Bonchev–Trinajstić information content (AvgIpc) is 2.39. The minimum atomic E-state index is -0.110. The second kappa shape index (κ2) is 4.85. The molecular formula is C11H12N2O3. The van der Waals surface area contributed by atoms with Crippen molar-refractivity contribution in [3.8, 4) is 0 Å². The van der Waals surface area contributed by atoms with Crippen molar-refractivity contribution in [2.45, 2.75) is 0 Å². The van der Waals surface area contributed by atoms with Crippen molar-refractivity contribution >= 4 is 12.2 Å². The summed E-state index contributed by atoms with van der Waals surface area (Å²) in [7, 11) is 0. The van der Waals surface area contributed by atoms with Gasteiger partial charge < -0.3 is 9.64 Å². The zero-order chi connectivity index (χ0) is 11.4. The van der Waals surface area contributed by atoms with Gasteiger partial charge in [0.15, 0.2) is 6.29 Å². The fourth-order valence-corrected chi connectivity index (χ4v) is 1.53. The number of rotatable bonds is 2. The van der Waals surface area contributed by atoms with Gasteiger partial charge in [0, 0.05) is 24.8 Å². The molecular weight excluding hydrogens is 208 g/mol. The van der Waals surface area contributed by atoms with Crippen molar-refractivity contribution in [1.82, 2.24) is 9.88 Å². The Labute approximate surface area is 93.0 Å². The van der Waals surface area contributed by atoms with Crippen LogP contribution < -0.4 is 0 Å². The van der Waals surface area contributed by atoms with Crippen LogP contribution in [0.4, 0.5) is 0 Å². The van der Waals surface area contributed by atoms with Crippen molar-refractivity contribution in [3.05, 3.63) is 29.6 Å². The summed E-state index contributed by atoms with van der Waals surface area (Å²) in [5.74, 6) is -0.110. The Morgan fingerprint density at radius 1 is 1.38 bits per heavy atom. The van der Waals surface area contributed by atoms with Crippen molar-refractivity contribution < 1.29 is 14.3 Å². The van der Waals surface area contributed by atoms with Gasteiger partial charge in [-0.2, -0.15) is 0 Å². The van der Waals surface area contributed by atoms with Crippen LogP contribution in [0.2, 0.25) is 0 Å². The van der Waals surface area contributed by atoms with E-state index in [0.29, 0.717) is 43.8 Å². The molecule has 1 saturated heterocycles. The molecule has 1 aromatic heterocycles. The molecule has 0 atom stereocenters. The molecule has 1 fully saturated rings. The molecule has 0 saturated carbocycles. The van der Waals surface area contributed by atoms with Crippen molar-refractivity contribution in [3.63, 3.8) is 0 Å². The summed E-state index contributed by atoms with van der Waals surface area (Å²) in [5.41, 5.74) is 0.839. The summed E-state index contributed by atoms with van der Waals surface area (Å²) in [6.45, 7) is 2.32. The standard InChI is InChI=1S/C11H12N2O3/c14-8-9-1-2-10(12-7-9)11(15)13-3-5-16-6-4-13/h1-2,7-8H,3-6H2. The van der Waals surface area contributed by atoms with Crippen LogP contribution >= 0.6 is 0 Å². The minimum absolute atomic E-state index is 0.110. The number of amides is 1. The van der Waals surface area contributed by atoms with E-state index in [4.69, 9.17) is 4.74 Å². The fourth-order valence-electron chi connectivity index (χ4n) is 1.53. The van der Waals surface area contributed by atoms with Gasteiger partial charge >= 0.3 is 0 Å². The van der Waals surface area contributed by atoms with E-state index in [0.717, 1.165) is 0 Å². The van der Waals surface area contributed by atoms with E-state index in [-0.39, 0.29) is 5.91 Å². The number of nitrogens with zero attached hydrogens (tertiary/aromatic N) is 2. The summed E-state index contributed by atoms with van der Waals surface area (Å²) in [5, 5.41) is 0. The van der Waals surface area contributed by atoms with Gasteiger partial charge in [0.05, 0.1) is 13.2 Å². The van der Waals surface area contributed by atoms with Crippen molar-refractivity contribution in [2.75, 3.05) is 26.3 Å². The number of morpholine rings is 1. The molecule has 1 aliphatic rings. The largest absolute Gasteiger partial charge is 0.378 e. The molecule has 2 heterocycles. The third-order valence-corrected chi connectivity index (χ3v) is 2.44. The van der Waals surface area contributed by atoms with Crippen LogP contribution in [0.5, 0.6) is 0 Å². The lowest BCUT2D eigenvalue weighted by molar-refractivity contribution is 0.0299. The number of aldehydes is 1. The molecule has 0 spiro atoms. The predicted octanol–water partition coefficient (Wildman–Crippen LogP) is 0.366. The molecule has 84 valence electrons. The molecule has 16 heavy (non-hydrogen) atoms. The second-order valence-corrected chi connectivity index (χ2v) is 3.50. The van der Waals surface area contributed by atoms with Crippen LogP contribution in [0.3, 0.4) is 0 Å². The molecule has 0 aromatic carbocycles. The van der Waals surface area contributed by atoms with Gasteiger partial charge in [0.2, 0.25) is 0 Å². The maximum Gasteiger partial charge on any atom is 0.272 e. The van der Waals surface area contributed by atoms with Gasteiger partial charge in [0.25, 0.3) is 5.91 Å². The summed E-state index contributed by atoms with van der Waals surface area (Å²) in [4.78, 5) is 28.0. The summed E-state index contributed by atoms with van der Waals surface area (Å²) >= 11 is 0. The number of hydrogen-bond donors (Lipinski definition) is 0. The van der Waals surface area contributed by atoms with E-state index < -0.39 is 0 Å². The Bertz CT molecular complexity index is 383. The number of ether oxygens (including phenoxy) is 1. The zero-order valence-electron chi connectivity index (χ0n) is 8.76. The predicted molar refractivity (Wildman–Crippen MR) is 56.3 cm³/mol. The van der Waals surface area contributed by atoms with Gasteiger partial charge in [-0.1, -0.05) is 0 Å². The lowest BCUT2D eigenvalue weighted by Crippen LogP contribution is -2.41. The van der Waals surface area contributed by atoms with E-state index in [1.807, 2.05) is 0 Å². The highest BCUT2D eigenvalue weighted by molar-refractivity contribution is 5.92. The quantitative estimate of drug-likeness (QED) is 0.675. The fraction of sp³-hybridized carbons (Fsp3) is 0.364. The number of carbonyl (C=O) groups is 2. The van der Waals surface area contributed by atoms with Crippen LogP contribution in [0, 0.1) is 0 Å². The second-order valence-electron chi connectivity index (χ2n) is 3.50. The SMILES string of the molecule is O=Cc1ccc(C(=O)N2CCOCC2)nc1. The number of carbonyl (C=O) groups excluding carboxylic acids is 2. The maximum absolute atomic E-state index is 11.9. The van der Waals surface area contributed by atoms with Crippen LogP contribution in [-0.2, 0) is 4.74 Å². The average molecular weight is 220 g/mol. The molecule has 5 nitrogen and oxygen atoms in total. The molecule has 0 aliphatic carbocycles. The summed E-state index contributed by atoms with van der Waals surface area (Å²) in [6.07, 6.45) is 2.11. The van der Waals surface area contributed by atoms with Crippen LogP contribution in [0.25, 0.3) is 0 Å². The van der Waals surface area contributed by atoms with E-state index in [9.17, 15) is 9.59 Å². The Morgan fingerprint density at radius 3 is 2.69 bits per heavy atom. The third-order valence-electron chi connectivity index (χ3n) is 2.44. The molecule has 0 N–H and O–H groups in total. The Morgan fingerprint density at radius 2 is 2.12 bits per heavy atom. The Kier molecular flexibility index (Phi) is 3.26. The van der Waals surface area contributed by atoms with E-state index in [2.05, 4.69) is 4.98 Å². The van der Waals surface area contributed by atoms with Gasteiger partial charge in [-0.05, 0) is 12.1 Å². The first-order valence-electron chi connectivity index (χ1n) is 5.09. The number of pyridine rings is 1. The lowest BCUT2D eigenvalue weighted by atomic mass is 10.2. The minimum Gasteiger partial charge on any atom is -0.378 e. The van der Waals surface area contributed by atoms with Gasteiger partial charge in [-0.25, -0.2) is 0 Å². The van der Waals surface area contributed by atoms with Gasteiger partial charge in [-0.15, -0.1) is 0 Å². The van der Waals surface area contributed by atoms with Crippen LogP contribution in [-0.4, -0.2) is 48.4 Å². The molecule has 0 bridgehead atoms. The highest BCUT2D eigenvalue weighted by atomic mass is 16.5. The first kappa shape index (κ1) is 10.8. The molecule has 1 aromatic rings. The molecule has 1 aliphatic heterocycles. The molecule has 0 radical (unpaired) electrons. The summed E-state index contributed by atoms with van der Waals surface area (Å²) in [6, 6.07) is 3.16. The first-order chi connectivity index (χ1) is 7.81. The van der Waals surface area contributed by atoms with Crippen molar-refractivity contribution in [1.29, 1.82) is 0 Å². The Hall–Kier alpha value is -1.75. The van der Waals surface area contributed by atoms with Crippen LogP contribution in [0.15, 0.2) is 18.3 Å². The normalized spacial score (nSPS) is 15.9. The van der Waals surface area contributed by atoms with E-state index in [1.54, 1.807) is 17.0 Å². The van der Waals surface area contributed by atoms with Crippen LogP contribution in [0.1, 0.15) is 20.8 Å². The number of hydrogen-bond acceptors (Lipinski definition) is 4. The molecule has 0 unspecified atom stereocenters. The molecule has 2 rings (SSSR count). The molecule has 1 amide bonds.